The van der Waals surface area contributed by atoms with E-state index in [1.165, 1.54) is 0 Å². The van der Waals surface area contributed by atoms with Gasteiger partial charge in [0.2, 0.25) is 5.91 Å². The minimum Gasteiger partial charge on any atom is -0.354 e. The number of pyridine rings is 1. The largest absolute Gasteiger partial charge is 0.354 e. The highest BCUT2D eigenvalue weighted by Crippen LogP contribution is 2.23. The molecular weight excluding hydrogens is 298 g/mol. The average molecular weight is 318 g/mol. The van der Waals surface area contributed by atoms with Crippen molar-refractivity contribution in [1.29, 1.82) is 0 Å². The Balaban J connectivity index is 2.06. The second kappa shape index (κ2) is 6.36. The Hall–Kier alpha value is -2.07. The second-order valence-corrected chi connectivity index (χ2v) is 6.63. The maximum atomic E-state index is 11.9. The van der Waals surface area contributed by atoms with Crippen molar-refractivity contribution in [2.75, 3.05) is 10.6 Å². The van der Waals surface area contributed by atoms with Crippen LogP contribution in [0.25, 0.3) is 0 Å². The molecule has 4 nitrogen and oxygen atoms in total. The van der Waals surface area contributed by atoms with Crippen LogP contribution in [0.5, 0.6) is 0 Å². The summed E-state index contributed by atoms with van der Waals surface area (Å²) >= 11 is 6.10. The van der Waals surface area contributed by atoms with E-state index in [-0.39, 0.29) is 5.91 Å². The predicted octanol–water partition coefficient (Wildman–Crippen LogP) is 4.77. The van der Waals surface area contributed by atoms with Gasteiger partial charge in [-0.1, -0.05) is 38.4 Å². The first-order valence-corrected chi connectivity index (χ1v) is 7.44. The van der Waals surface area contributed by atoms with Gasteiger partial charge in [0.1, 0.15) is 5.82 Å². The number of nitrogens with one attached hydrogen (secondary N) is 2. The molecule has 1 amide bonds. The summed E-state index contributed by atoms with van der Waals surface area (Å²) < 4.78 is 0. The van der Waals surface area contributed by atoms with Crippen LogP contribution in [-0.4, -0.2) is 10.9 Å². The van der Waals surface area contributed by atoms with E-state index < -0.39 is 5.41 Å². The molecule has 0 bridgehead atoms. The molecule has 0 saturated carbocycles. The minimum atomic E-state index is -0.447. The maximum Gasteiger partial charge on any atom is 0.230 e. The number of amides is 1. The molecule has 0 saturated heterocycles. The first kappa shape index (κ1) is 16.3. The van der Waals surface area contributed by atoms with Crippen LogP contribution in [0.2, 0.25) is 5.02 Å². The van der Waals surface area contributed by atoms with Crippen molar-refractivity contribution in [1.82, 2.24) is 4.98 Å². The summed E-state index contributed by atoms with van der Waals surface area (Å²) in [4.78, 5) is 16.1. The molecule has 1 aromatic heterocycles. The highest BCUT2D eigenvalue weighted by atomic mass is 35.5. The van der Waals surface area contributed by atoms with Crippen molar-refractivity contribution < 1.29 is 4.79 Å². The summed E-state index contributed by atoms with van der Waals surface area (Å²) in [6.45, 7) is 7.54. The van der Waals surface area contributed by atoms with Crippen molar-refractivity contribution in [3.05, 3.63) is 47.1 Å². The van der Waals surface area contributed by atoms with Gasteiger partial charge in [-0.3, -0.25) is 4.79 Å². The zero-order valence-corrected chi connectivity index (χ0v) is 14.0. The molecule has 2 N–H and O–H groups in total. The number of halogens is 1. The first-order chi connectivity index (χ1) is 10.3. The molecular formula is C17H20ClN3O. The summed E-state index contributed by atoms with van der Waals surface area (Å²) in [5.41, 5.74) is 2.31. The van der Waals surface area contributed by atoms with E-state index in [1.54, 1.807) is 12.3 Å². The quantitative estimate of drug-likeness (QED) is 0.857. The van der Waals surface area contributed by atoms with E-state index in [4.69, 9.17) is 11.6 Å². The van der Waals surface area contributed by atoms with Crippen LogP contribution in [0.15, 0.2) is 36.5 Å². The van der Waals surface area contributed by atoms with Crippen molar-refractivity contribution in [2.24, 2.45) is 5.41 Å². The van der Waals surface area contributed by atoms with Crippen LogP contribution in [0, 0.1) is 12.3 Å². The number of carbonyl (C=O) groups is 1. The summed E-state index contributed by atoms with van der Waals surface area (Å²) in [6, 6.07) is 9.40. The summed E-state index contributed by atoms with van der Waals surface area (Å²) in [5.74, 6) is 0.471. The fraction of sp³-hybridized carbons (Fsp3) is 0.294. The number of benzene rings is 1. The topological polar surface area (TPSA) is 54.0 Å². The average Bonchev–Trinajstić information content (AvgIpc) is 2.44. The van der Waals surface area contributed by atoms with Gasteiger partial charge in [-0.25, -0.2) is 4.98 Å². The van der Waals surface area contributed by atoms with Gasteiger partial charge < -0.3 is 10.6 Å². The molecule has 0 aliphatic heterocycles. The van der Waals surface area contributed by atoms with Crippen molar-refractivity contribution in [2.45, 2.75) is 27.7 Å². The Morgan fingerprint density at radius 1 is 1.14 bits per heavy atom. The highest BCUT2D eigenvalue weighted by molar-refractivity contribution is 6.31. The number of carbonyl (C=O) groups excluding carboxylic acids is 1. The zero-order valence-electron chi connectivity index (χ0n) is 13.2. The van der Waals surface area contributed by atoms with Crippen LogP contribution >= 0.6 is 11.6 Å². The predicted molar refractivity (Wildman–Crippen MR) is 91.8 cm³/mol. The fourth-order valence-corrected chi connectivity index (χ4v) is 1.86. The van der Waals surface area contributed by atoms with Crippen LogP contribution in [0.4, 0.5) is 17.2 Å². The normalized spacial score (nSPS) is 11.1. The van der Waals surface area contributed by atoms with Crippen molar-refractivity contribution >= 4 is 34.7 Å². The lowest BCUT2D eigenvalue weighted by atomic mass is 9.96. The van der Waals surface area contributed by atoms with Gasteiger partial charge >= 0.3 is 0 Å². The van der Waals surface area contributed by atoms with E-state index in [0.717, 1.165) is 16.9 Å². The molecule has 0 radical (unpaired) electrons. The van der Waals surface area contributed by atoms with E-state index in [0.29, 0.717) is 10.8 Å². The molecule has 0 aliphatic rings. The van der Waals surface area contributed by atoms with Gasteiger partial charge in [-0.15, -0.1) is 0 Å². The van der Waals surface area contributed by atoms with Gasteiger partial charge in [0.05, 0.1) is 11.9 Å². The maximum absolute atomic E-state index is 11.9. The van der Waals surface area contributed by atoms with Crippen molar-refractivity contribution in [3.63, 3.8) is 0 Å². The van der Waals surface area contributed by atoms with E-state index in [9.17, 15) is 4.79 Å². The number of aromatic nitrogens is 1. The lowest BCUT2D eigenvalue weighted by Gasteiger charge is -2.17. The Morgan fingerprint density at radius 2 is 1.82 bits per heavy atom. The minimum absolute atomic E-state index is 0.0639. The van der Waals surface area contributed by atoms with E-state index >= 15 is 0 Å². The van der Waals surface area contributed by atoms with E-state index in [1.807, 2.05) is 52.0 Å². The van der Waals surface area contributed by atoms with Crippen LogP contribution in [0.1, 0.15) is 26.3 Å². The summed E-state index contributed by atoms with van der Waals surface area (Å²) in [6.07, 6.45) is 1.67. The first-order valence-electron chi connectivity index (χ1n) is 7.06. The Labute approximate surface area is 135 Å². The van der Waals surface area contributed by atoms with Crippen LogP contribution < -0.4 is 10.6 Å². The van der Waals surface area contributed by atoms with Gasteiger partial charge in [0, 0.05) is 16.1 Å². The van der Waals surface area contributed by atoms with Gasteiger partial charge in [0.15, 0.2) is 0 Å². The smallest absolute Gasteiger partial charge is 0.230 e. The van der Waals surface area contributed by atoms with Crippen molar-refractivity contribution in [3.8, 4) is 0 Å². The number of rotatable bonds is 3. The van der Waals surface area contributed by atoms with E-state index in [2.05, 4.69) is 15.6 Å². The number of aryl methyl sites for hydroxylation is 1. The standard InChI is InChI=1S/C17H20ClN3O/c1-11-5-6-12(9-14(11)18)20-13-7-8-15(19-10-13)21-16(22)17(2,3)4/h5-10,20H,1-4H3,(H,19,21,22). The SMILES string of the molecule is Cc1ccc(Nc2ccc(NC(=O)C(C)(C)C)nc2)cc1Cl. The Kier molecular flexibility index (Phi) is 4.71. The zero-order chi connectivity index (χ0) is 16.3. The van der Waals surface area contributed by atoms with Crippen LogP contribution in [-0.2, 0) is 4.79 Å². The number of nitrogens with zero attached hydrogens (tertiary/aromatic N) is 1. The third-order valence-electron chi connectivity index (χ3n) is 3.15. The highest BCUT2D eigenvalue weighted by Gasteiger charge is 2.21. The van der Waals surface area contributed by atoms with Gasteiger partial charge in [0.25, 0.3) is 0 Å². The third-order valence-corrected chi connectivity index (χ3v) is 3.55. The molecule has 0 spiro atoms. The molecule has 5 heteroatoms. The molecule has 0 fully saturated rings. The lowest BCUT2D eigenvalue weighted by molar-refractivity contribution is -0.123. The Morgan fingerprint density at radius 3 is 2.36 bits per heavy atom. The molecule has 0 atom stereocenters. The molecule has 1 heterocycles. The molecule has 2 aromatic rings. The number of anilines is 3. The number of hydrogen-bond donors (Lipinski definition) is 2. The third kappa shape index (κ3) is 4.21. The Bertz CT molecular complexity index is 675. The number of hydrogen-bond acceptors (Lipinski definition) is 3. The molecule has 2 rings (SSSR count). The summed E-state index contributed by atoms with van der Waals surface area (Å²) in [5, 5.41) is 6.73. The lowest BCUT2D eigenvalue weighted by Crippen LogP contribution is -2.27. The fourth-order valence-electron chi connectivity index (χ4n) is 1.68. The molecule has 22 heavy (non-hydrogen) atoms. The van der Waals surface area contributed by atoms with Crippen LogP contribution in [0.3, 0.4) is 0 Å². The second-order valence-electron chi connectivity index (χ2n) is 6.23. The molecule has 0 unspecified atom stereocenters. The molecule has 1 aromatic carbocycles. The van der Waals surface area contributed by atoms with Gasteiger partial charge in [-0.05, 0) is 36.8 Å². The van der Waals surface area contributed by atoms with Gasteiger partial charge in [-0.2, -0.15) is 0 Å². The monoisotopic (exact) mass is 317 g/mol. The molecule has 116 valence electrons. The molecule has 0 aliphatic carbocycles. The summed E-state index contributed by atoms with van der Waals surface area (Å²) in [7, 11) is 0.